The number of aromatic nitrogens is 1. The minimum Gasteiger partial charge on any atom is -0.0500 e. The molecule has 0 aliphatic carbocycles. The first-order chi connectivity index (χ1) is 3.39. The van der Waals surface area contributed by atoms with Crippen molar-refractivity contribution in [2.45, 2.75) is 0 Å². The van der Waals surface area contributed by atoms with E-state index >= 15 is 0 Å². The van der Waals surface area contributed by atoms with Crippen LogP contribution in [0, 0.1) is 0 Å². The smallest absolute Gasteiger partial charge is 0.0500 e. The van der Waals surface area contributed by atoms with Crippen molar-refractivity contribution >= 4 is 0 Å². The van der Waals surface area contributed by atoms with Crippen LogP contribution in [0.25, 0.3) is 0 Å². The summed E-state index contributed by atoms with van der Waals surface area (Å²) in [7, 11) is 0. The lowest BCUT2D eigenvalue weighted by atomic mass is 10.5. The van der Waals surface area contributed by atoms with Crippen molar-refractivity contribution in [2.24, 2.45) is 0 Å². The van der Waals surface area contributed by atoms with Gasteiger partial charge in [0.15, 0.2) is 0 Å². The second-order valence-corrected chi connectivity index (χ2v) is 1.24. The maximum atomic E-state index is 10.2. The van der Waals surface area contributed by atoms with Crippen molar-refractivity contribution in [3.8, 4) is 0 Å². The molecule has 1 radical (unpaired) electrons. The van der Waals surface area contributed by atoms with E-state index in [0.29, 0.717) is 0 Å². The van der Waals surface area contributed by atoms with Crippen molar-refractivity contribution in [1.82, 2.24) is 0 Å². The molecule has 1 aromatic heterocycles. The van der Waals surface area contributed by atoms with E-state index in [2.05, 4.69) is 0 Å². The quantitative estimate of drug-likeness (QED) is 0.410. The highest BCUT2D eigenvalue weighted by Crippen LogP contribution is 1.71. The van der Waals surface area contributed by atoms with Crippen LogP contribution in [-0.4, -0.2) is 0 Å². The largest absolute Gasteiger partial charge is 0.227 e. The summed E-state index contributed by atoms with van der Waals surface area (Å²) in [6, 6.07) is 5.18. The molecule has 1 aromatic rings. The molecule has 0 bridgehead atoms. The molecular weight excluding hydrogens is 90.1 g/mol. The van der Waals surface area contributed by atoms with Crippen molar-refractivity contribution in [3.05, 3.63) is 30.6 Å². The first-order valence-electron chi connectivity index (χ1n) is 2.03. The fraction of sp³-hybridized carbons (Fsp3) is 0. The summed E-state index contributed by atoms with van der Waals surface area (Å²) >= 11 is 0. The monoisotopic (exact) mass is 95.0 g/mol. The summed E-state index contributed by atoms with van der Waals surface area (Å²) < 4.78 is 0.750. The van der Waals surface area contributed by atoms with Gasteiger partial charge in [0, 0.05) is 17.3 Å². The lowest BCUT2D eigenvalue weighted by Crippen LogP contribution is -2.24. The molecule has 0 spiro atoms. The third-order valence-electron chi connectivity index (χ3n) is 0.688. The second kappa shape index (κ2) is 1.60. The minimum absolute atomic E-state index is 0.750. The normalized spacial score (nSPS) is 8.57. The van der Waals surface area contributed by atoms with Crippen molar-refractivity contribution in [2.75, 3.05) is 0 Å². The zero-order chi connectivity index (χ0) is 5.11. The summed E-state index contributed by atoms with van der Waals surface area (Å²) in [6.07, 6.45) is 2.89. The molecule has 0 amide bonds. The van der Waals surface area contributed by atoms with Crippen LogP contribution in [0.4, 0.5) is 0 Å². The summed E-state index contributed by atoms with van der Waals surface area (Å²) in [5, 5.41) is 10.2. The van der Waals surface area contributed by atoms with E-state index in [4.69, 9.17) is 0 Å². The van der Waals surface area contributed by atoms with E-state index in [-0.39, 0.29) is 0 Å². The predicted octanol–water partition coefficient (Wildman–Crippen LogP) is 0.168. The Morgan fingerprint density at radius 2 is 1.57 bits per heavy atom. The van der Waals surface area contributed by atoms with E-state index < -0.39 is 0 Å². The molecule has 0 saturated carbocycles. The van der Waals surface area contributed by atoms with E-state index in [0.717, 1.165) is 4.73 Å². The summed E-state index contributed by atoms with van der Waals surface area (Å²) in [4.78, 5) is 0. The van der Waals surface area contributed by atoms with Crippen LogP contribution < -0.4 is 4.73 Å². The fourth-order valence-electron chi connectivity index (χ4n) is 0.383. The van der Waals surface area contributed by atoms with Crippen molar-refractivity contribution < 1.29 is 9.94 Å². The molecule has 0 aromatic carbocycles. The van der Waals surface area contributed by atoms with Gasteiger partial charge in [-0.2, -0.15) is 0 Å². The Balaban J connectivity index is 3.02. The van der Waals surface area contributed by atoms with Gasteiger partial charge in [0.25, 0.3) is 0 Å². The molecule has 2 nitrogen and oxygen atoms in total. The molecule has 7 heavy (non-hydrogen) atoms. The Labute approximate surface area is 41.6 Å². The second-order valence-electron chi connectivity index (χ2n) is 1.24. The van der Waals surface area contributed by atoms with Crippen molar-refractivity contribution in [1.29, 1.82) is 0 Å². The van der Waals surface area contributed by atoms with Crippen LogP contribution in [0.5, 0.6) is 0 Å². The summed E-state index contributed by atoms with van der Waals surface area (Å²) in [5.74, 6) is 0. The highest BCUT2D eigenvalue weighted by molar-refractivity contribution is 4.82. The van der Waals surface area contributed by atoms with Crippen LogP contribution in [0.3, 0.4) is 0 Å². The number of rotatable bonds is 0. The number of pyridine rings is 1. The molecule has 0 unspecified atom stereocenters. The molecule has 0 saturated heterocycles. The molecule has 0 aliphatic heterocycles. The summed E-state index contributed by atoms with van der Waals surface area (Å²) in [6.45, 7) is 0. The van der Waals surface area contributed by atoms with Gasteiger partial charge in [-0.25, -0.2) is 0 Å². The fourth-order valence-corrected chi connectivity index (χ4v) is 0.383. The lowest BCUT2D eigenvalue weighted by Gasteiger charge is -1.68. The molecule has 2 heteroatoms. The number of hydrogen-bond acceptors (Lipinski definition) is 0. The SMILES string of the molecule is [O][n+]1ccccc1. The molecule has 1 heterocycles. The Hall–Kier alpha value is -1.05. The topological polar surface area (TPSA) is 23.8 Å². The third-order valence-corrected chi connectivity index (χ3v) is 0.688. The summed E-state index contributed by atoms with van der Waals surface area (Å²) in [5.41, 5.74) is 0. The molecule has 0 fully saturated rings. The Kier molecular flexibility index (Phi) is 0.941. The van der Waals surface area contributed by atoms with E-state index in [9.17, 15) is 5.21 Å². The van der Waals surface area contributed by atoms with Gasteiger partial charge in [-0.3, -0.25) is 0 Å². The maximum absolute atomic E-state index is 10.2. The Morgan fingerprint density at radius 3 is 1.86 bits per heavy atom. The van der Waals surface area contributed by atoms with Gasteiger partial charge in [0.2, 0.25) is 12.4 Å². The minimum atomic E-state index is 0.750. The Bertz CT molecular complexity index is 138. The highest BCUT2D eigenvalue weighted by Gasteiger charge is 1.87. The van der Waals surface area contributed by atoms with Gasteiger partial charge in [-0.05, 0) is 0 Å². The molecule has 1 rings (SSSR count). The van der Waals surface area contributed by atoms with E-state index in [1.165, 1.54) is 12.4 Å². The van der Waals surface area contributed by atoms with Gasteiger partial charge < -0.3 is 0 Å². The van der Waals surface area contributed by atoms with Crippen LogP contribution in [-0.2, 0) is 5.21 Å². The van der Waals surface area contributed by atoms with Crippen LogP contribution in [0.2, 0.25) is 0 Å². The van der Waals surface area contributed by atoms with Crippen molar-refractivity contribution in [3.63, 3.8) is 0 Å². The van der Waals surface area contributed by atoms with E-state index in [1.54, 1.807) is 18.2 Å². The Morgan fingerprint density at radius 1 is 1.00 bits per heavy atom. The zero-order valence-electron chi connectivity index (χ0n) is 3.74. The van der Waals surface area contributed by atoms with Crippen LogP contribution in [0.15, 0.2) is 30.6 Å². The lowest BCUT2D eigenvalue weighted by molar-refractivity contribution is -0.938. The molecule has 0 N–H and O–H groups in total. The number of nitrogens with zero attached hydrogens (tertiary/aromatic N) is 1. The third kappa shape index (κ3) is 0.892. The standard InChI is InChI=1S/C5H5NO/c7-6-4-2-1-3-5-6/h1-5H/q+1. The first kappa shape index (κ1) is 4.12. The predicted molar refractivity (Wildman–Crippen MR) is 22.7 cm³/mol. The van der Waals surface area contributed by atoms with Gasteiger partial charge in [-0.15, -0.1) is 0 Å². The van der Waals surface area contributed by atoms with Gasteiger partial charge in [-0.1, -0.05) is 6.07 Å². The molecule has 0 aliphatic rings. The zero-order valence-corrected chi connectivity index (χ0v) is 3.74. The van der Waals surface area contributed by atoms with Gasteiger partial charge in [0.05, 0.1) is 4.73 Å². The van der Waals surface area contributed by atoms with E-state index in [1.807, 2.05) is 0 Å². The maximum Gasteiger partial charge on any atom is 0.227 e. The van der Waals surface area contributed by atoms with Gasteiger partial charge in [0.1, 0.15) is 0 Å². The van der Waals surface area contributed by atoms with Crippen LogP contribution >= 0.6 is 0 Å². The van der Waals surface area contributed by atoms with Crippen LogP contribution in [0.1, 0.15) is 0 Å². The first-order valence-corrected chi connectivity index (χ1v) is 2.03. The molecule has 35 valence electrons. The average Bonchev–Trinajstić information content (AvgIpc) is 1.69. The highest BCUT2D eigenvalue weighted by atomic mass is 16.5. The average molecular weight is 95.1 g/mol. The number of hydrogen-bond donors (Lipinski definition) is 0. The van der Waals surface area contributed by atoms with Gasteiger partial charge >= 0.3 is 0 Å². The molecule has 0 atom stereocenters. The molecular formula is C5H5NO+.